The average molecular weight is 421 g/mol. The van der Waals surface area contributed by atoms with Crippen molar-refractivity contribution in [3.8, 4) is 5.75 Å². The molecule has 0 aliphatic rings. The summed E-state index contributed by atoms with van der Waals surface area (Å²) in [5.74, 6) is 0.627. The molecule has 0 radical (unpaired) electrons. The molecule has 140 valence electrons. The van der Waals surface area contributed by atoms with E-state index in [1.807, 2.05) is 42.5 Å². The molecule has 0 heterocycles. The van der Waals surface area contributed by atoms with Gasteiger partial charge < -0.3 is 10.1 Å². The fourth-order valence-corrected chi connectivity index (χ4v) is 3.68. The zero-order valence-corrected chi connectivity index (χ0v) is 17.2. The molecule has 2 nitrogen and oxygen atoms in total. The highest BCUT2D eigenvalue weighted by Gasteiger charge is 2.12. The molecule has 3 rings (SSSR count). The maximum atomic E-state index is 6.41. The number of hydrogen-bond acceptors (Lipinski definition) is 2. The van der Waals surface area contributed by atoms with Gasteiger partial charge in [-0.3, -0.25) is 0 Å². The van der Waals surface area contributed by atoms with E-state index in [-0.39, 0.29) is 0 Å². The number of hydrogen-bond donors (Lipinski definition) is 1. The van der Waals surface area contributed by atoms with Crippen LogP contribution in [0.1, 0.15) is 23.6 Å². The Balaban J connectivity index is 1.80. The van der Waals surface area contributed by atoms with Crippen molar-refractivity contribution in [2.75, 3.05) is 5.32 Å². The van der Waals surface area contributed by atoms with Crippen LogP contribution in [0.5, 0.6) is 5.75 Å². The number of aryl methyl sites for hydroxylation is 1. The van der Waals surface area contributed by atoms with E-state index in [1.54, 1.807) is 6.07 Å². The summed E-state index contributed by atoms with van der Waals surface area (Å²) in [7, 11) is 0. The summed E-state index contributed by atoms with van der Waals surface area (Å²) >= 11 is 18.7. The molecule has 1 N–H and O–H groups in total. The predicted octanol–water partition coefficient (Wildman–Crippen LogP) is 7.40. The zero-order chi connectivity index (χ0) is 19.2. The quantitative estimate of drug-likeness (QED) is 0.430. The molecule has 0 atom stereocenters. The minimum atomic E-state index is 0.375. The van der Waals surface area contributed by atoms with Gasteiger partial charge in [-0.1, -0.05) is 72.1 Å². The third-order valence-electron chi connectivity index (χ3n) is 4.23. The van der Waals surface area contributed by atoms with Crippen molar-refractivity contribution in [2.45, 2.75) is 26.5 Å². The van der Waals surface area contributed by atoms with Crippen LogP contribution in [0.15, 0.2) is 60.7 Å². The van der Waals surface area contributed by atoms with Crippen LogP contribution in [0.25, 0.3) is 0 Å². The topological polar surface area (TPSA) is 21.3 Å². The van der Waals surface area contributed by atoms with Crippen LogP contribution in [0.2, 0.25) is 15.1 Å². The Labute approximate surface area is 175 Å². The van der Waals surface area contributed by atoms with Gasteiger partial charge in [0.15, 0.2) is 0 Å². The Kier molecular flexibility index (Phi) is 6.89. The molecule has 0 saturated heterocycles. The van der Waals surface area contributed by atoms with Gasteiger partial charge in [0.25, 0.3) is 0 Å². The van der Waals surface area contributed by atoms with Crippen LogP contribution in [0.3, 0.4) is 0 Å². The second-order valence-corrected chi connectivity index (χ2v) is 7.44. The van der Waals surface area contributed by atoms with Crippen LogP contribution in [-0.4, -0.2) is 0 Å². The number of halogens is 3. The van der Waals surface area contributed by atoms with E-state index >= 15 is 0 Å². The SMILES string of the molecule is CCc1ccccc1NCc1cc(Cl)cc(Cl)c1OCc1cccc(Cl)c1. The Morgan fingerprint density at radius 2 is 1.67 bits per heavy atom. The Bertz CT molecular complexity index is 927. The summed E-state index contributed by atoms with van der Waals surface area (Å²) in [5.41, 5.74) is 4.23. The van der Waals surface area contributed by atoms with Crippen molar-refractivity contribution < 1.29 is 4.74 Å². The molecule has 27 heavy (non-hydrogen) atoms. The molecule has 0 spiro atoms. The van der Waals surface area contributed by atoms with Gasteiger partial charge in [-0.25, -0.2) is 0 Å². The van der Waals surface area contributed by atoms with E-state index < -0.39 is 0 Å². The van der Waals surface area contributed by atoms with Gasteiger partial charge in [0.2, 0.25) is 0 Å². The second kappa shape index (κ2) is 9.36. The third kappa shape index (κ3) is 5.32. The highest BCUT2D eigenvalue weighted by Crippen LogP contribution is 2.34. The average Bonchev–Trinajstić information content (AvgIpc) is 2.65. The fraction of sp³-hybridized carbons (Fsp3) is 0.182. The summed E-state index contributed by atoms with van der Waals surface area (Å²) < 4.78 is 6.02. The van der Waals surface area contributed by atoms with E-state index in [9.17, 15) is 0 Å². The van der Waals surface area contributed by atoms with Crippen LogP contribution in [0.4, 0.5) is 5.69 Å². The molecule has 0 aromatic heterocycles. The number of benzene rings is 3. The lowest BCUT2D eigenvalue weighted by atomic mass is 10.1. The largest absolute Gasteiger partial charge is 0.487 e. The van der Waals surface area contributed by atoms with Crippen LogP contribution in [0, 0.1) is 0 Å². The fourth-order valence-electron chi connectivity index (χ4n) is 2.88. The Morgan fingerprint density at radius 1 is 0.852 bits per heavy atom. The van der Waals surface area contributed by atoms with E-state index in [0.717, 1.165) is 23.2 Å². The Hall–Kier alpha value is -1.87. The summed E-state index contributed by atoms with van der Waals surface area (Å²) in [6, 6.07) is 19.4. The molecule has 0 aliphatic carbocycles. The van der Waals surface area contributed by atoms with E-state index in [0.29, 0.717) is 34.0 Å². The minimum Gasteiger partial charge on any atom is -0.487 e. The van der Waals surface area contributed by atoms with E-state index in [4.69, 9.17) is 39.5 Å². The molecule has 0 saturated carbocycles. The summed E-state index contributed by atoms with van der Waals surface area (Å²) in [5, 5.41) is 5.21. The van der Waals surface area contributed by atoms with Gasteiger partial charge in [0, 0.05) is 27.8 Å². The number of ether oxygens (including phenoxy) is 1. The van der Waals surface area contributed by atoms with Gasteiger partial charge in [0.05, 0.1) is 5.02 Å². The van der Waals surface area contributed by atoms with Gasteiger partial charge in [0.1, 0.15) is 12.4 Å². The molecule has 0 bridgehead atoms. The highest BCUT2D eigenvalue weighted by atomic mass is 35.5. The van der Waals surface area contributed by atoms with Crippen molar-refractivity contribution in [3.05, 3.63) is 92.4 Å². The molecule has 0 fully saturated rings. The van der Waals surface area contributed by atoms with E-state index in [1.165, 1.54) is 5.56 Å². The molecule has 3 aromatic rings. The van der Waals surface area contributed by atoms with Crippen molar-refractivity contribution in [2.24, 2.45) is 0 Å². The van der Waals surface area contributed by atoms with E-state index in [2.05, 4.69) is 24.4 Å². The van der Waals surface area contributed by atoms with Crippen LogP contribution < -0.4 is 10.1 Å². The number of anilines is 1. The maximum absolute atomic E-state index is 6.41. The van der Waals surface area contributed by atoms with Gasteiger partial charge >= 0.3 is 0 Å². The lowest BCUT2D eigenvalue weighted by Gasteiger charge is -2.16. The zero-order valence-electron chi connectivity index (χ0n) is 14.9. The minimum absolute atomic E-state index is 0.375. The Morgan fingerprint density at radius 3 is 2.44 bits per heavy atom. The highest BCUT2D eigenvalue weighted by molar-refractivity contribution is 6.35. The summed E-state index contributed by atoms with van der Waals surface area (Å²) in [6.07, 6.45) is 0.956. The first-order valence-electron chi connectivity index (χ1n) is 8.73. The molecular formula is C22H20Cl3NO. The molecule has 0 unspecified atom stereocenters. The first-order chi connectivity index (χ1) is 13.1. The van der Waals surface area contributed by atoms with Crippen LogP contribution in [-0.2, 0) is 19.6 Å². The molecule has 0 amide bonds. The number of para-hydroxylation sites is 1. The lowest BCUT2D eigenvalue weighted by Crippen LogP contribution is -2.06. The van der Waals surface area contributed by atoms with Crippen molar-refractivity contribution in [3.63, 3.8) is 0 Å². The van der Waals surface area contributed by atoms with Crippen molar-refractivity contribution in [1.82, 2.24) is 0 Å². The number of rotatable bonds is 7. The summed E-state index contributed by atoms with van der Waals surface area (Å²) in [4.78, 5) is 0. The van der Waals surface area contributed by atoms with Crippen LogP contribution >= 0.6 is 34.8 Å². The molecule has 3 aromatic carbocycles. The molecular weight excluding hydrogens is 401 g/mol. The first kappa shape index (κ1) is 19.9. The van der Waals surface area contributed by atoms with Crippen molar-refractivity contribution in [1.29, 1.82) is 0 Å². The standard InChI is InChI=1S/C22H20Cl3NO/c1-2-16-7-3-4-9-21(16)26-13-17-11-19(24)12-20(25)22(17)27-14-15-6-5-8-18(23)10-15/h3-12,26H,2,13-14H2,1H3. The molecule has 0 aliphatic heterocycles. The third-order valence-corrected chi connectivity index (χ3v) is 4.96. The summed E-state index contributed by atoms with van der Waals surface area (Å²) in [6.45, 7) is 3.07. The van der Waals surface area contributed by atoms with Crippen molar-refractivity contribution >= 4 is 40.5 Å². The monoisotopic (exact) mass is 419 g/mol. The first-order valence-corrected chi connectivity index (χ1v) is 9.87. The van der Waals surface area contributed by atoms with Gasteiger partial charge in [-0.2, -0.15) is 0 Å². The smallest absolute Gasteiger partial charge is 0.143 e. The normalized spacial score (nSPS) is 10.7. The number of nitrogens with one attached hydrogen (secondary N) is 1. The van der Waals surface area contributed by atoms with Gasteiger partial charge in [-0.05, 0) is 47.9 Å². The second-order valence-electron chi connectivity index (χ2n) is 6.16. The van der Waals surface area contributed by atoms with Gasteiger partial charge in [-0.15, -0.1) is 0 Å². The predicted molar refractivity (Wildman–Crippen MR) is 115 cm³/mol. The maximum Gasteiger partial charge on any atom is 0.143 e. The molecule has 5 heteroatoms. The lowest BCUT2D eigenvalue weighted by molar-refractivity contribution is 0.303.